The summed E-state index contributed by atoms with van der Waals surface area (Å²) in [6, 6.07) is 9.57. The number of benzene rings is 1. The molecule has 1 aromatic carbocycles. The monoisotopic (exact) mass is 345 g/mol. The van der Waals surface area contributed by atoms with Gasteiger partial charge >= 0.3 is 0 Å². The van der Waals surface area contributed by atoms with E-state index in [1.54, 1.807) is 13.3 Å². The number of methoxy groups -OCH3 is 1. The first-order chi connectivity index (χ1) is 10.2. The summed E-state index contributed by atoms with van der Waals surface area (Å²) in [6.07, 6.45) is 1.70. The van der Waals surface area contributed by atoms with Gasteiger partial charge in [-0.1, -0.05) is 18.2 Å². The van der Waals surface area contributed by atoms with E-state index >= 15 is 0 Å². The second kappa shape index (κ2) is 5.75. The molecule has 0 spiro atoms. The second-order valence-electron chi connectivity index (χ2n) is 4.48. The number of halogens is 1. The highest BCUT2D eigenvalue weighted by Crippen LogP contribution is 2.25. The Morgan fingerprint density at radius 1 is 1.29 bits per heavy atom. The van der Waals surface area contributed by atoms with Crippen molar-refractivity contribution in [2.75, 3.05) is 7.11 Å². The zero-order valence-electron chi connectivity index (χ0n) is 11.3. The van der Waals surface area contributed by atoms with Gasteiger partial charge < -0.3 is 9.72 Å². The quantitative estimate of drug-likeness (QED) is 0.792. The third kappa shape index (κ3) is 2.59. The van der Waals surface area contributed by atoms with Crippen molar-refractivity contribution in [2.24, 2.45) is 0 Å². The van der Waals surface area contributed by atoms with Crippen LogP contribution in [0.5, 0.6) is 0 Å². The number of hydrogen-bond acceptors (Lipinski definition) is 4. The van der Waals surface area contributed by atoms with Gasteiger partial charge in [-0.15, -0.1) is 0 Å². The molecule has 2 heterocycles. The minimum Gasteiger partial charge on any atom is -0.378 e. The van der Waals surface area contributed by atoms with Gasteiger partial charge in [0.05, 0.1) is 17.8 Å². The molecule has 0 saturated carbocycles. The van der Waals surface area contributed by atoms with Crippen LogP contribution >= 0.6 is 15.9 Å². The van der Waals surface area contributed by atoms with E-state index in [4.69, 9.17) is 4.74 Å². The number of aromatic amines is 1. The fraction of sp³-hybridized carbons (Fsp3) is 0.133. The number of hydrogen-bond donors (Lipinski definition) is 1. The van der Waals surface area contributed by atoms with Crippen molar-refractivity contribution < 1.29 is 4.74 Å². The van der Waals surface area contributed by atoms with Crippen LogP contribution in [0, 0.1) is 0 Å². The molecule has 0 aliphatic carbocycles. The van der Waals surface area contributed by atoms with Gasteiger partial charge in [-0.2, -0.15) is 0 Å². The molecule has 1 N–H and O–H groups in total. The number of aromatic nitrogens is 3. The zero-order chi connectivity index (χ0) is 14.8. The van der Waals surface area contributed by atoms with Gasteiger partial charge in [0.25, 0.3) is 5.56 Å². The van der Waals surface area contributed by atoms with E-state index in [-0.39, 0.29) is 12.2 Å². The average Bonchev–Trinajstić information content (AvgIpc) is 2.51. The van der Waals surface area contributed by atoms with E-state index in [1.165, 1.54) is 0 Å². The smallest absolute Gasteiger partial charge is 0.265 e. The molecular formula is C15H12BrN3O2. The molecule has 3 aromatic rings. The second-order valence-corrected chi connectivity index (χ2v) is 5.28. The van der Waals surface area contributed by atoms with Crippen molar-refractivity contribution in [3.05, 3.63) is 57.0 Å². The molecule has 0 aliphatic rings. The zero-order valence-corrected chi connectivity index (χ0v) is 12.8. The third-order valence-electron chi connectivity index (χ3n) is 3.12. The summed E-state index contributed by atoms with van der Waals surface area (Å²) < 4.78 is 5.48. The lowest BCUT2D eigenvalue weighted by molar-refractivity contribution is 0.180. The number of nitrogens with one attached hydrogen (secondary N) is 1. The van der Waals surface area contributed by atoms with E-state index in [1.807, 2.05) is 30.3 Å². The summed E-state index contributed by atoms with van der Waals surface area (Å²) in [5.74, 6) is 0.508. The SMILES string of the molecule is COCc1nc(-c2ccnc3ccccc23)[nH]c(=O)c1Br. The molecule has 0 amide bonds. The summed E-state index contributed by atoms with van der Waals surface area (Å²) in [5.41, 5.74) is 2.03. The van der Waals surface area contributed by atoms with Crippen molar-refractivity contribution in [1.29, 1.82) is 0 Å². The molecule has 0 fully saturated rings. The van der Waals surface area contributed by atoms with Crippen molar-refractivity contribution >= 4 is 26.8 Å². The number of nitrogens with zero attached hydrogens (tertiary/aromatic N) is 2. The normalized spacial score (nSPS) is 11.0. The number of para-hydroxylation sites is 1. The molecule has 6 heteroatoms. The number of pyridine rings is 1. The van der Waals surface area contributed by atoms with Crippen LogP contribution in [0.15, 0.2) is 45.8 Å². The lowest BCUT2D eigenvalue weighted by Gasteiger charge is -2.08. The molecule has 2 aromatic heterocycles. The Hall–Kier alpha value is -2.05. The Balaban J connectivity index is 2.26. The van der Waals surface area contributed by atoms with Crippen molar-refractivity contribution in [1.82, 2.24) is 15.0 Å². The van der Waals surface area contributed by atoms with Crippen LogP contribution in [-0.4, -0.2) is 22.1 Å². The molecule has 5 nitrogen and oxygen atoms in total. The molecule has 3 rings (SSSR count). The first-order valence-electron chi connectivity index (χ1n) is 6.32. The van der Waals surface area contributed by atoms with Gasteiger partial charge in [0.1, 0.15) is 10.3 Å². The van der Waals surface area contributed by atoms with Crippen LogP contribution < -0.4 is 5.56 Å². The van der Waals surface area contributed by atoms with Gasteiger partial charge in [-0.25, -0.2) is 4.98 Å². The van der Waals surface area contributed by atoms with Crippen LogP contribution in [-0.2, 0) is 11.3 Å². The topological polar surface area (TPSA) is 67.9 Å². The number of fused-ring (bicyclic) bond motifs is 1. The van der Waals surface area contributed by atoms with Crippen molar-refractivity contribution in [3.8, 4) is 11.4 Å². The molecule has 0 aliphatic heterocycles. The molecule has 0 atom stereocenters. The van der Waals surface area contributed by atoms with Gasteiger partial charge in [-0.3, -0.25) is 9.78 Å². The summed E-state index contributed by atoms with van der Waals surface area (Å²) in [5, 5.41) is 0.939. The largest absolute Gasteiger partial charge is 0.378 e. The predicted molar refractivity (Wildman–Crippen MR) is 84.0 cm³/mol. The fourth-order valence-electron chi connectivity index (χ4n) is 2.17. The molecular weight excluding hydrogens is 334 g/mol. The van der Waals surface area contributed by atoms with E-state index < -0.39 is 0 Å². The summed E-state index contributed by atoms with van der Waals surface area (Å²) in [4.78, 5) is 23.6. The molecule has 106 valence electrons. The Kier molecular flexibility index (Phi) is 3.81. The average molecular weight is 346 g/mol. The Morgan fingerprint density at radius 3 is 2.90 bits per heavy atom. The van der Waals surface area contributed by atoms with Gasteiger partial charge in [-0.05, 0) is 28.1 Å². The highest BCUT2D eigenvalue weighted by molar-refractivity contribution is 9.10. The lowest BCUT2D eigenvalue weighted by atomic mass is 10.1. The molecule has 0 radical (unpaired) electrons. The van der Waals surface area contributed by atoms with Crippen LogP contribution in [0.4, 0.5) is 0 Å². The van der Waals surface area contributed by atoms with Gasteiger partial charge in [0.2, 0.25) is 0 Å². The first-order valence-corrected chi connectivity index (χ1v) is 7.11. The minimum absolute atomic E-state index is 0.229. The highest BCUT2D eigenvalue weighted by atomic mass is 79.9. The van der Waals surface area contributed by atoms with E-state index in [2.05, 4.69) is 30.9 Å². The van der Waals surface area contributed by atoms with E-state index in [9.17, 15) is 4.79 Å². The maximum Gasteiger partial charge on any atom is 0.265 e. The molecule has 0 saturated heterocycles. The first kappa shape index (κ1) is 13.9. The summed E-state index contributed by atoms with van der Waals surface area (Å²) in [6.45, 7) is 0.264. The lowest BCUT2D eigenvalue weighted by Crippen LogP contribution is -2.14. The highest BCUT2D eigenvalue weighted by Gasteiger charge is 2.12. The summed E-state index contributed by atoms with van der Waals surface area (Å²) in [7, 11) is 1.57. The fourth-order valence-corrected chi connectivity index (χ4v) is 2.47. The van der Waals surface area contributed by atoms with E-state index in [0.717, 1.165) is 16.5 Å². The van der Waals surface area contributed by atoms with Crippen LogP contribution in [0.1, 0.15) is 5.69 Å². The molecule has 21 heavy (non-hydrogen) atoms. The number of ether oxygens (including phenoxy) is 1. The maximum atomic E-state index is 12.0. The Labute approximate surface area is 129 Å². The Morgan fingerprint density at radius 2 is 2.10 bits per heavy atom. The van der Waals surface area contributed by atoms with Crippen molar-refractivity contribution in [3.63, 3.8) is 0 Å². The van der Waals surface area contributed by atoms with Gasteiger partial charge in [0, 0.05) is 24.3 Å². The van der Waals surface area contributed by atoms with Crippen LogP contribution in [0.25, 0.3) is 22.3 Å². The number of H-pyrrole nitrogens is 1. The predicted octanol–water partition coefficient (Wildman–Crippen LogP) is 2.89. The van der Waals surface area contributed by atoms with Gasteiger partial charge in [0.15, 0.2) is 0 Å². The standard InChI is InChI=1S/C15H12BrN3O2/c1-21-8-12-13(16)15(20)19-14(18-12)10-6-7-17-11-5-3-2-4-9(10)11/h2-7H,8H2,1H3,(H,18,19,20). The Bertz CT molecular complexity index is 856. The molecule has 0 bridgehead atoms. The molecule has 0 unspecified atom stereocenters. The third-order valence-corrected chi connectivity index (χ3v) is 3.93. The van der Waals surface area contributed by atoms with E-state index in [0.29, 0.717) is 16.0 Å². The van der Waals surface area contributed by atoms with Crippen molar-refractivity contribution in [2.45, 2.75) is 6.61 Å². The minimum atomic E-state index is -0.229. The number of rotatable bonds is 3. The van der Waals surface area contributed by atoms with Crippen LogP contribution in [0.3, 0.4) is 0 Å². The maximum absolute atomic E-state index is 12.0. The summed E-state index contributed by atoms with van der Waals surface area (Å²) >= 11 is 3.24. The van der Waals surface area contributed by atoms with Crippen LogP contribution in [0.2, 0.25) is 0 Å².